The first-order valence-corrected chi connectivity index (χ1v) is 11.0. The average Bonchev–Trinajstić information content (AvgIpc) is 3.41. The van der Waals surface area contributed by atoms with Crippen LogP contribution >= 0.6 is 11.5 Å². The van der Waals surface area contributed by atoms with Crippen LogP contribution in [0.5, 0.6) is 5.75 Å². The number of nitrogens with one attached hydrogen (secondary N) is 1. The number of methoxy groups -OCH3 is 1. The second kappa shape index (κ2) is 9.78. The smallest absolute Gasteiger partial charge is 0.272 e. The Morgan fingerprint density at radius 2 is 1.90 bits per heavy atom. The van der Waals surface area contributed by atoms with Crippen molar-refractivity contribution in [3.05, 3.63) is 34.8 Å². The van der Waals surface area contributed by atoms with Crippen LogP contribution < -0.4 is 26.4 Å². The Balaban J connectivity index is 1.99. The molecule has 1 aromatic carbocycles. The molecule has 31 heavy (non-hydrogen) atoms. The van der Waals surface area contributed by atoms with E-state index in [2.05, 4.69) is 9.69 Å². The minimum Gasteiger partial charge on any atom is -0.497 e. The molecule has 1 aliphatic carbocycles. The molecule has 1 atom stereocenters. The Labute approximate surface area is 184 Å². The zero-order valence-corrected chi connectivity index (χ0v) is 18.4. The topological polar surface area (TPSA) is 141 Å². The van der Waals surface area contributed by atoms with E-state index < -0.39 is 17.9 Å². The summed E-state index contributed by atoms with van der Waals surface area (Å²) >= 11 is 0.792. The summed E-state index contributed by atoms with van der Waals surface area (Å²) < 4.78 is 9.13. The highest BCUT2D eigenvalue weighted by atomic mass is 32.1. The number of amides is 3. The fourth-order valence-electron chi connectivity index (χ4n) is 3.77. The molecule has 166 valence electrons. The first-order chi connectivity index (χ1) is 14.9. The minimum atomic E-state index is -0.810. The van der Waals surface area contributed by atoms with E-state index in [0.29, 0.717) is 17.9 Å². The zero-order chi connectivity index (χ0) is 22.5. The van der Waals surface area contributed by atoms with Gasteiger partial charge in [-0.3, -0.25) is 19.3 Å². The minimum absolute atomic E-state index is 0.0664. The number of rotatable bonds is 8. The molecule has 2 aromatic rings. The van der Waals surface area contributed by atoms with E-state index in [1.54, 1.807) is 31.4 Å². The first kappa shape index (κ1) is 22.5. The highest BCUT2D eigenvalue weighted by Gasteiger charge is 2.34. The number of benzene rings is 1. The van der Waals surface area contributed by atoms with E-state index in [9.17, 15) is 14.4 Å². The first-order valence-electron chi connectivity index (χ1n) is 10.2. The van der Waals surface area contributed by atoms with Gasteiger partial charge in [0.25, 0.3) is 11.8 Å². The van der Waals surface area contributed by atoms with E-state index >= 15 is 0 Å². The number of hydrogen-bond acceptors (Lipinski definition) is 7. The van der Waals surface area contributed by atoms with Crippen LogP contribution in [0.3, 0.4) is 0 Å². The molecule has 10 heteroatoms. The predicted molar refractivity (Wildman–Crippen MR) is 119 cm³/mol. The van der Waals surface area contributed by atoms with Gasteiger partial charge in [-0.25, -0.2) is 0 Å². The molecule has 0 unspecified atom stereocenters. The van der Waals surface area contributed by atoms with Crippen molar-refractivity contribution in [2.75, 3.05) is 17.7 Å². The van der Waals surface area contributed by atoms with Crippen LogP contribution in [0.15, 0.2) is 24.3 Å². The molecule has 1 aromatic heterocycles. The van der Waals surface area contributed by atoms with Gasteiger partial charge in [0, 0.05) is 11.7 Å². The lowest BCUT2D eigenvalue weighted by molar-refractivity contribution is -0.123. The number of nitrogen functional groups attached to an aromatic ring is 1. The molecule has 1 aliphatic rings. The van der Waals surface area contributed by atoms with Crippen molar-refractivity contribution in [2.45, 2.75) is 51.1 Å². The van der Waals surface area contributed by atoms with Gasteiger partial charge < -0.3 is 21.5 Å². The standard InChI is InChI=1S/C21H27N5O4S/c1-3-15(20(28)24-12-6-4-5-7-12)26(13-8-10-14(30-2)11-9-13)21(29)18-16(22)17(19(23)27)25-31-18/h8-12,15H,3-7,22H2,1-2H3,(H2,23,27)(H,24,28)/t15-/m0/s1. The number of ether oxygens (including phenoxy) is 1. The van der Waals surface area contributed by atoms with Gasteiger partial charge in [0.15, 0.2) is 5.69 Å². The number of hydrogen-bond donors (Lipinski definition) is 3. The normalized spacial score (nSPS) is 14.8. The van der Waals surface area contributed by atoms with Crippen molar-refractivity contribution < 1.29 is 19.1 Å². The van der Waals surface area contributed by atoms with Gasteiger partial charge >= 0.3 is 0 Å². The summed E-state index contributed by atoms with van der Waals surface area (Å²) in [6.45, 7) is 1.84. The SMILES string of the molecule is CC[C@@H](C(=O)NC1CCCC1)N(C(=O)c1snc(C(N)=O)c1N)c1ccc(OC)cc1. The monoisotopic (exact) mass is 445 g/mol. The average molecular weight is 446 g/mol. The largest absolute Gasteiger partial charge is 0.497 e. The molecule has 1 saturated carbocycles. The highest BCUT2D eigenvalue weighted by molar-refractivity contribution is 7.09. The lowest BCUT2D eigenvalue weighted by Gasteiger charge is -2.31. The molecule has 9 nitrogen and oxygen atoms in total. The maximum Gasteiger partial charge on any atom is 0.272 e. The van der Waals surface area contributed by atoms with Crippen LogP contribution in [-0.2, 0) is 4.79 Å². The summed E-state index contributed by atoms with van der Waals surface area (Å²) in [7, 11) is 1.55. The summed E-state index contributed by atoms with van der Waals surface area (Å²) in [5, 5.41) is 3.07. The van der Waals surface area contributed by atoms with Gasteiger partial charge in [0.05, 0.1) is 12.8 Å². The predicted octanol–water partition coefficient (Wildman–Crippen LogP) is 2.32. The van der Waals surface area contributed by atoms with Gasteiger partial charge in [-0.05, 0) is 55.1 Å². The molecule has 3 amide bonds. The van der Waals surface area contributed by atoms with Crippen LogP contribution in [0.4, 0.5) is 11.4 Å². The van der Waals surface area contributed by atoms with E-state index in [1.165, 1.54) is 4.90 Å². The van der Waals surface area contributed by atoms with Crippen molar-refractivity contribution >= 4 is 40.6 Å². The third kappa shape index (κ3) is 4.79. The van der Waals surface area contributed by atoms with Crippen molar-refractivity contribution in [1.82, 2.24) is 9.69 Å². The summed E-state index contributed by atoms with van der Waals surface area (Å²) in [6.07, 6.45) is 4.41. The molecular weight excluding hydrogens is 418 g/mol. The molecule has 3 rings (SSSR count). The van der Waals surface area contributed by atoms with Crippen molar-refractivity contribution in [3.63, 3.8) is 0 Å². The van der Waals surface area contributed by atoms with Crippen molar-refractivity contribution in [2.24, 2.45) is 5.73 Å². The van der Waals surface area contributed by atoms with E-state index in [1.807, 2.05) is 6.92 Å². The number of anilines is 2. The fraction of sp³-hybridized carbons (Fsp3) is 0.429. The number of carbonyl (C=O) groups excluding carboxylic acids is 3. The molecule has 1 fully saturated rings. The number of carbonyl (C=O) groups is 3. The maximum atomic E-state index is 13.6. The number of primary amides is 1. The summed E-state index contributed by atoms with van der Waals surface area (Å²) in [6, 6.07) is 6.18. The van der Waals surface area contributed by atoms with Crippen LogP contribution in [0, 0.1) is 0 Å². The highest BCUT2D eigenvalue weighted by Crippen LogP contribution is 2.29. The summed E-state index contributed by atoms with van der Waals surface area (Å²) in [4.78, 5) is 39.7. The molecule has 0 aliphatic heterocycles. The Bertz CT molecular complexity index is 953. The van der Waals surface area contributed by atoms with Gasteiger partial charge in [0.2, 0.25) is 5.91 Å². The number of aromatic nitrogens is 1. The Kier molecular flexibility index (Phi) is 7.11. The molecule has 0 bridgehead atoms. The van der Waals surface area contributed by atoms with Gasteiger partial charge in [0.1, 0.15) is 16.7 Å². The quantitative estimate of drug-likeness (QED) is 0.569. The Morgan fingerprint density at radius 1 is 1.26 bits per heavy atom. The molecular formula is C21H27N5O4S. The van der Waals surface area contributed by atoms with E-state index in [0.717, 1.165) is 37.2 Å². The van der Waals surface area contributed by atoms with Gasteiger partial charge in [-0.1, -0.05) is 19.8 Å². The Hall–Kier alpha value is -3.14. The molecule has 0 spiro atoms. The van der Waals surface area contributed by atoms with E-state index in [4.69, 9.17) is 16.2 Å². The van der Waals surface area contributed by atoms with Crippen LogP contribution in [0.2, 0.25) is 0 Å². The molecule has 1 heterocycles. The molecule has 0 radical (unpaired) electrons. The van der Waals surface area contributed by atoms with Gasteiger partial charge in [-0.2, -0.15) is 4.37 Å². The zero-order valence-electron chi connectivity index (χ0n) is 17.6. The number of nitrogens with zero attached hydrogens (tertiary/aromatic N) is 2. The second-order valence-electron chi connectivity index (χ2n) is 7.43. The Morgan fingerprint density at radius 3 is 2.42 bits per heavy atom. The van der Waals surface area contributed by atoms with Crippen LogP contribution in [0.25, 0.3) is 0 Å². The summed E-state index contributed by atoms with van der Waals surface area (Å²) in [5.41, 5.74) is 11.6. The third-order valence-electron chi connectivity index (χ3n) is 5.43. The molecule has 0 saturated heterocycles. The van der Waals surface area contributed by atoms with Crippen molar-refractivity contribution in [3.8, 4) is 5.75 Å². The lowest BCUT2D eigenvalue weighted by atomic mass is 10.1. The van der Waals surface area contributed by atoms with Crippen molar-refractivity contribution in [1.29, 1.82) is 0 Å². The van der Waals surface area contributed by atoms with Crippen LogP contribution in [-0.4, -0.2) is 41.3 Å². The van der Waals surface area contributed by atoms with E-state index in [-0.39, 0.29) is 28.2 Å². The third-order valence-corrected chi connectivity index (χ3v) is 6.28. The van der Waals surface area contributed by atoms with Gasteiger partial charge in [-0.15, -0.1) is 0 Å². The second-order valence-corrected chi connectivity index (χ2v) is 8.20. The molecule has 5 N–H and O–H groups in total. The lowest BCUT2D eigenvalue weighted by Crippen LogP contribution is -2.51. The fourth-order valence-corrected chi connectivity index (χ4v) is 4.52. The number of nitrogens with two attached hydrogens (primary N) is 2. The van der Waals surface area contributed by atoms with Crippen LogP contribution in [0.1, 0.15) is 59.2 Å². The maximum absolute atomic E-state index is 13.6. The summed E-state index contributed by atoms with van der Waals surface area (Å²) in [5.74, 6) is -0.930.